The highest BCUT2D eigenvalue weighted by Crippen LogP contribution is 2.33. The Bertz CT molecular complexity index is 112. The molecule has 0 aliphatic heterocycles. The van der Waals surface area contributed by atoms with Gasteiger partial charge in [-0.3, -0.25) is 0 Å². The van der Waals surface area contributed by atoms with Crippen LogP contribution in [0.5, 0.6) is 0 Å². The Balaban J connectivity index is 2.05. The first-order chi connectivity index (χ1) is 6.86. The van der Waals surface area contributed by atoms with Gasteiger partial charge in [-0.2, -0.15) is 23.5 Å². The fraction of sp³-hybridized carbons (Fsp3) is 0.833. The van der Waals surface area contributed by atoms with Gasteiger partial charge in [0.1, 0.15) is 0 Å². The van der Waals surface area contributed by atoms with Gasteiger partial charge in [0.05, 0.1) is 0 Å². The van der Waals surface area contributed by atoms with Gasteiger partial charge in [-0.25, -0.2) is 0 Å². The summed E-state index contributed by atoms with van der Waals surface area (Å²) in [6.45, 7) is 4.53. The second-order valence-corrected chi connectivity index (χ2v) is 6.46. The first kappa shape index (κ1) is 12.8. The van der Waals surface area contributed by atoms with Gasteiger partial charge in [-0.1, -0.05) is 13.8 Å². The van der Waals surface area contributed by atoms with Crippen LogP contribution in [0.25, 0.3) is 0 Å². The van der Waals surface area contributed by atoms with Crippen molar-refractivity contribution in [2.24, 2.45) is 0 Å². The van der Waals surface area contributed by atoms with E-state index in [0.29, 0.717) is 0 Å². The van der Waals surface area contributed by atoms with Crippen LogP contribution in [0.2, 0.25) is 0 Å². The largest absolute Gasteiger partial charge is 0.158 e. The van der Waals surface area contributed by atoms with E-state index in [1.807, 2.05) is 0 Å². The summed E-state index contributed by atoms with van der Waals surface area (Å²) < 4.78 is 0. The third kappa shape index (κ3) is 4.97. The maximum absolute atomic E-state index is 2.54. The van der Waals surface area contributed by atoms with Crippen LogP contribution in [-0.4, -0.2) is 22.0 Å². The van der Waals surface area contributed by atoms with Crippen LogP contribution in [0.4, 0.5) is 0 Å². The monoisotopic (exact) mass is 230 g/mol. The van der Waals surface area contributed by atoms with Crippen molar-refractivity contribution >= 4 is 23.5 Å². The Kier molecular flexibility index (Phi) is 7.23. The lowest BCUT2D eigenvalue weighted by Gasteiger charge is -2.27. The van der Waals surface area contributed by atoms with E-state index in [-0.39, 0.29) is 0 Å². The highest BCUT2D eigenvalue weighted by atomic mass is 32.2. The zero-order valence-corrected chi connectivity index (χ0v) is 11.0. The van der Waals surface area contributed by atoms with Crippen molar-refractivity contribution in [3.05, 3.63) is 12.8 Å². The van der Waals surface area contributed by atoms with Crippen LogP contribution in [0, 0.1) is 12.8 Å². The van der Waals surface area contributed by atoms with Crippen LogP contribution in [0.3, 0.4) is 0 Å². The fourth-order valence-corrected chi connectivity index (χ4v) is 3.64. The van der Waals surface area contributed by atoms with E-state index in [4.69, 9.17) is 0 Å². The Morgan fingerprint density at radius 1 is 0.929 bits per heavy atom. The van der Waals surface area contributed by atoms with E-state index in [0.717, 1.165) is 10.5 Å². The van der Waals surface area contributed by atoms with Gasteiger partial charge in [0, 0.05) is 10.5 Å². The predicted octanol–water partition coefficient (Wildman–Crippen LogP) is 4.21. The average molecular weight is 230 g/mol. The van der Waals surface area contributed by atoms with E-state index in [1.54, 1.807) is 0 Å². The number of thioether (sulfide) groups is 2. The van der Waals surface area contributed by atoms with Crippen molar-refractivity contribution < 1.29 is 0 Å². The first-order valence-corrected chi connectivity index (χ1v) is 7.86. The maximum Gasteiger partial charge on any atom is 0.00819 e. The van der Waals surface area contributed by atoms with Crippen LogP contribution < -0.4 is 0 Å². The molecule has 2 atom stereocenters. The Labute approximate surface area is 98.0 Å². The van der Waals surface area contributed by atoms with Gasteiger partial charge >= 0.3 is 0 Å². The van der Waals surface area contributed by atoms with Gasteiger partial charge in [-0.05, 0) is 50.0 Å². The first-order valence-electron chi connectivity index (χ1n) is 5.76. The highest BCUT2D eigenvalue weighted by molar-refractivity contribution is 8.00. The molecule has 0 saturated heterocycles. The van der Waals surface area contributed by atoms with E-state index in [9.17, 15) is 0 Å². The molecule has 0 amide bonds. The third-order valence-corrected chi connectivity index (χ3v) is 5.25. The van der Waals surface area contributed by atoms with Crippen LogP contribution >= 0.6 is 23.5 Å². The number of rotatable bonds is 6. The summed E-state index contributed by atoms with van der Waals surface area (Å²) in [6.07, 6.45) is 10.3. The number of hydrogen-bond donors (Lipinski definition) is 0. The quantitative estimate of drug-likeness (QED) is 0.670. The Hall–Kier alpha value is 0.700. The van der Waals surface area contributed by atoms with Crippen LogP contribution in [-0.2, 0) is 0 Å². The molecule has 2 unspecified atom stereocenters. The van der Waals surface area contributed by atoms with Gasteiger partial charge in [-0.15, -0.1) is 0 Å². The standard InChI is InChI=1S/C12H22S2/c1-3-9-13-11-5-7-12(8-6-11)14-10-4-2/h5,8,11-12H,3-4,6-7,9-10H2,1-2H3. The molecule has 1 rings (SSSR count). The summed E-state index contributed by atoms with van der Waals surface area (Å²) in [5.74, 6) is 2.64. The van der Waals surface area contributed by atoms with Crippen molar-refractivity contribution in [3.8, 4) is 0 Å². The summed E-state index contributed by atoms with van der Waals surface area (Å²) in [4.78, 5) is 0. The minimum Gasteiger partial charge on any atom is -0.158 e. The minimum absolute atomic E-state index is 0.813. The van der Waals surface area contributed by atoms with Crippen LogP contribution in [0.15, 0.2) is 0 Å². The molecular formula is C12H22S2. The molecule has 0 bridgehead atoms. The van der Waals surface area contributed by atoms with Gasteiger partial charge in [0.25, 0.3) is 0 Å². The van der Waals surface area contributed by atoms with Crippen molar-refractivity contribution in [1.82, 2.24) is 0 Å². The highest BCUT2D eigenvalue weighted by Gasteiger charge is 2.21. The van der Waals surface area contributed by atoms with E-state index < -0.39 is 0 Å². The molecule has 0 aromatic rings. The second-order valence-electron chi connectivity index (χ2n) is 3.76. The molecule has 0 heterocycles. The Morgan fingerprint density at radius 2 is 1.36 bits per heavy atom. The van der Waals surface area contributed by atoms with E-state index in [1.165, 1.54) is 37.2 Å². The van der Waals surface area contributed by atoms with Crippen LogP contribution in [0.1, 0.15) is 39.5 Å². The van der Waals surface area contributed by atoms with E-state index >= 15 is 0 Å². The average Bonchev–Trinajstić information content (AvgIpc) is 2.25. The van der Waals surface area contributed by atoms with Crippen molar-refractivity contribution in [2.75, 3.05) is 11.5 Å². The summed E-state index contributed by atoms with van der Waals surface area (Å²) >= 11 is 4.25. The molecule has 2 radical (unpaired) electrons. The normalized spacial score (nSPS) is 27.9. The summed E-state index contributed by atoms with van der Waals surface area (Å²) in [5, 5.41) is 1.63. The van der Waals surface area contributed by atoms with E-state index in [2.05, 4.69) is 50.2 Å². The molecule has 0 aromatic heterocycles. The lowest BCUT2D eigenvalue weighted by atomic mass is 10.00. The molecule has 82 valence electrons. The topological polar surface area (TPSA) is 0 Å². The summed E-state index contributed by atoms with van der Waals surface area (Å²) in [7, 11) is 0. The fourth-order valence-electron chi connectivity index (χ4n) is 1.57. The maximum atomic E-state index is 2.54. The molecule has 2 heteroatoms. The molecule has 0 N–H and O–H groups in total. The van der Waals surface area contributed by atoms with Gasteiger partial charge in [0.15, 0.2) is 0 Å². The lowest BCUT2D eigenvalue weighted by molar-refractivity contribution is 0.737. The van der Waals surface area contributed by atoms with Crippen molar-refractivity contribution in [3.63, 3.8) is 0 Å². The Morgan fingerprint density at radius 3 is 1.64 bits per heavy atom. The molecule has 1 aliphatic rings. The molecule has 0 spiro atoms. The predicted molar refractivity (Wildman–Crippen MR) is 70.9 cm³/mol. The molecule has 1 fully saturated rings. The zero-order valence-electron chi connectivity index (χ0n) is 9.37. The molecule has 14 heavy (non-hydrogen) atoms. The van der Waals surface area contributed by atoms with Gasteiger partial charge < -0.3 is 0 Å². The summed E-state index contributed by atoms with van der Waals surface area (Å²) in [6, 6.07) is 0. The number of hydrogen-bond acceptors (Lipinski definition) is 2. The van der Waals surface area contributed by atoms with Crippen molar-refractivity contribution in [1.29, 1.82) is 0 Å². The smallest absolute Gasteiger partial charge is 0.00819 e. The molecular weight excluding hydrogens is 208 g/mol. The molecule has 1 saturated carbocycles. The van der Waals surface area contributed by atoms with Gasteiger partial charge in [0.2, 0.25) is 0 Å². The zero-order chi connectivity index (χ0) is 10.2. The lowest BCUT2D eigenvalue weighted by Crippen LogP contribution is -2.19. The molecule has 0 aromatic carbocycles. The van der Waals surface area contributed by atoms with Crippen molar-refractivity contribution in [2.45, 2.75) is 50.0 Å². The SMILES string of the molecule is CCCSC1[CH]CC(SCCC)[CH]C1. The molecule has 0 nitrogen and oxygen atoms in total. The third-order valence-electron chi connectivity index (χ3n) is 2.33. The second kappa shape index (κ2) is 7.92. The molecule has 1 aliphatic carbocycles. The minimum atomic E-state index is 0.813. The summed E-state index contributed by atoms with van der Waals surface area (Å²) in [5.41, 5.74) is 0.